The molecule has 3 nitrogen and oxygen atoms in total. The summed E-state index contributed by atoms with van der Waals surface area (Å²) in [6, 6.07) is 12.4. The first kappa shape index (κ1) is 20.7. The SMILES string of the molecule is CC(C)N1CCC(Cc2ccc3[nH]c(C(=O)Cc4ccc(F)c(F)c4)cc3c2)CC1. The van der Waals surface area contributed by atoms with Gasteiger partial charge in [0.15, 0.2) is 17.4 Å². The van der Waals surface area contributed by atoms with Crippen LogP contribution < -0.4 is 0 Å². The highest BCUT2D eigenvalue weighted by atomic mass is 19.2. The minimum Gasteiger partial charge on any atom is -0.352 e. The van der Waals surface area contributed by atoms with Gasteiger partial charge in [0.1, 0.15) is 0 Å². The normalized spacial score (nSPS) is 15.9. The molecule has 1 aromatic heterocycles. The fraction of sp³-hybridized carbons (Fsp3) is 0.400. The molecule has 2 aromatic carbocycles. The standard InChI is InChI=1S/C25H28F2N2O/c1-16(2)29-9-7-17(8-10-29)11-18-4-6-23-20(12-18)15-24(28-23)25(30)14-19-3-5-21(26)22(27)13-19/h3-6,12-13,15-17,28H,7-11,14H2,1-2H3. The zero-order valence-corrected chi connectivity index (χ0v) is 17.6. The quantitative estimate of drug-likeness (QED) is 0.542. The van der Waals surface area contributed by atoms with E-state index in [-0.39, 0.29) is 12.2 Å². The van der Waals surface area contributed by atoms with E-state index in [1.165, 1.54) is 24.5 Å². The number of nitrogens with zero attached hydrogens (tertiary/aromatic N) is 1. The first-order valence-electron chi connectivity index (χ1n) is 10.7. The van der Waals surface area contributed by atoms with Crippen LogP contribution in [-0.2, 0) is 12.8 Å². The number of aromatic nitrogens is 1. The molecule has 30 heavy (non-hydrogen) atoms. The van der Waals surface area contributed by atoms with Crippen LogP contribution in [0, 0.1) is 17.6 Å². The molecule has 5 heteroatoms. The van der Waals surface area contributed by atoms with E-state index in [0.29, 0.717) is 23.2 Å². The number of ketones is 1. The maximum atomic E-state index is 13.4. The van der Waals surface area contributed by atoms with E-state index in [9.17, 15) is 13.6 Å². The highest BCUT2D eigenvalue weighted by Gasteiger charge is 2.21. The van der Waals surface area contributed by atoms with Crippen molar-refractivity contribution in [2.75, 3.05) is 13.1 Å². The second-order valence-corrected chi connectivity index (χ2v) is 8.73. The van der Waals surface area contributed by atoms with Crippen LogP contribution in [0.25, 0.3) is 10.9 Å². The summed E-state index contributed by atoms with van der Waals surface area (Å²) in [5.41, 5.74) is 3.18. The molecule has 0 unspecified atom stereocenters. The van der Waals surface area contributed by atoms with Gasteiger partial charge in [-0.05, 0) is 93.6 Å². The minimum absolute atomic E-state index is 0.0330. The average Bonchev–Trinajstić information content (AvgIpc) is 3.15. The number of carbonyl (C=O) groups excluding carboxylic acids is 1. The van der Waals surface area contributed by atoms with Crippen molar-refractivity contribution < 1.29 is 13.6 Å². The van der Waals surface area contributed by atoms with E-state index in [2.05, 4.69) is 35.9 Å². The highest BCUT2D eigenvalue weighted by molar-refractivity contribution is 6.00. The Hall–Kier alpha value is -2.53. The van der Waals surface area contributed by atoms with E-state index >= 15 is 0 Å². The molecule has 1 fully saturated rings. The summed E-state index contributed by atoms with van der Waals surface area (Å²) >= 11 is 0. The van der Waals surface area contributed by atoms with E-state index in [0.717, 1.165) is 42.5 Å². The first-order chi connectivity index (χ1) is 14.4. The predicted molar refractivity (Wildman–Crippen MR) is 116 cm³/mol. The van der Waals surface area contributed by atoms with Crippen molar-refractivity contribution in [2.24, 2.45) is 5.92 Å². The number of nitrogens with one attached hydrogen (secondary N) is 1. The fourth-order valence-corrected chi connectivity index (χ4v) is 4.40. The van der Waals surface area contributed by atoms with Crippen molar-refractivity contribution in [1.82, 2.24) is 9.88 Å². The van der Waals surface area contributed by atoms with Gasteiger partial charge in [0, 0.05) is 23.4 Å². The second kappa shape index (κ2) is 8.68. The van der Waals surface area contributed by atoms with Crippen LogP contribution >= 0.6 is 0 Å². The summed E-state index contributed by atoms with van der Waals surface area (Å²) in [5.74, 6) is -1.27. The van der Waals surface area contributed by atoms with Crippen molar-refractivity contribution in [1.29, 1.82) is 0 Å². The van der Waals surface area contributed by atoms with E-state index in [4.69, 9.17) is 0 Å². The molecule has 158 valence electrons. The van der Waals surface area contributed by atoms with Crippen LogP contribution in [0.3, 0.4) is 0 Å². The smallest absolute Gasteiger partial charge is 0.183 e. The van der Waals surface area contributed by atoms with Crippen LogP contribution in [-0.4, -0.2) is 34.8 Å². The van der Waals surface area contributed by atoms with Crippen molar-refractivity contribution in [3.8, 4) is 0 Å². The van der Waals surface area contributed by atoms with Crippen LogP contribution in [0.15, 0.2) is 42.5 Å². The number of fused-ring (bicyclic) bond motifs is 1. The fourth-order valence-electron chi connectivity index (χ4n) is 4.40. The summed E-state index contributed by atoms with van der Waals surface area (Å²) < 4.78 is 26.5. The maximum Gasteiger partial charge on any atom is 0.183 e. The van der Waals surface area contributed by atoms with Gasteiger partial charge in [-0.2, -0.15) is 0 Å². The van der Waals surface area contributed by atoms with Gasteiger partial charge < -0.3 is 9.88 Å². The summed E-state index contributed by atoms with van der Waals surface area (Å²) in [7, 11) is 0. The number of hydrogen-bond donors (Lipinski definition) is 1. The van der Waals surface area contributed by atoms with Crippen LogP contribution in [0.4, 0.5) is 8.78 Å². The Balaban J connectivity index is 1.43. The zero-order valence-electron chi connectivity index (χ0n) is 17.6. The molecule has 2 heterocycles. The van der Waals surface area contributed by atoms with Crippen molar-refractivity contribution in [2.45, 2.75) is 45.6 Å². The molecule has 0 bridgehead atoms. The Kier molecular flexibility index (Phi) is 6.00. The first-order valence-corrected chi connectivity index (χ1v) is 10.7. The minimum atomic E-state index is -0.930. The van der Waals surface area contributed by atoms with Gasteiger partial charge in [-0.15, -0.1) is 0 Å². The summed E-state index contributed by atoms with van der Waals surface area (Å²) in [4.78, 5) is 18.3. The molecule has 0 spiro atoms. The number of likely N-dealkylation sites (tertiary alicyclic amines) is 1. The molecule has 0 radical (unpaired) electrons. The molecule has 1 aliphatic rings. The Labute approximate surface area is 176 Å². The zero-order chi connectivity index (χ0) is 21.3. The molecular weight excluding hydrogens is 382 g/mol. The van der Waals surface area contributed by atoms with Crippen LogP contribution in [0.2, 0.25) is 0 Å². The number of halogens is 2. The molecule has 0 atom stereocenters. The molecular formula is C25H28F2N2O. The lowest BCUT2D eigenvalue weighted by molar-refractivity contribution is 0.0989. The number of piperidine rings is 1. The monoisotopic (exact) mass is 410 g/mol. The van der Waals surface area contributed by atoms with Gasteiger partial charge in [-0.25, -0.2) is 8.78 Å². The number of carbonyl (C=O) groups is 1. The van der Waals surface area contributed by atoms with Crippen molar-refractivity contribution >= 4 is 16.7 Å². The van der Waals surface area contributed by atoms with Crippen LogP contribution in [0.1, 0.15) is 48.3 Å². The molecule has 3 aromatic rings. The van der Waals surface area contributed by atoms with E-state index in [1.807, 2.05) is 12.1 Å². The van der Waals surface area contributed by atoms with E-state index in [1.54, 1.807) is 0 Å². The Morgan fingerprint density at radius 2 is 1.77 bits per heavy atom. The van der Waals surface area contributed by atoms with Crippen molar-refractivity contribution in [3.05, 3.63) is 70.9 Å². The highest BCUT2D eigenvalue weighted by Crippen LogP contribution is 2.25. The molecule has 0 saturated carbocycles. The third-order valence-electron chi connectivity index (χ3n) is 6.24. The lowest BCUT2D eigenvalue weighted by atomic mass is 9.89. The Morgan fingerprint density at radius 3 is 2.47 bits per heavy atom. The molecule has 1 saturated heterocycles. The number of aromatic amines is 1. The summed E-state index contributed by atoms with van der Waals surface area (Å²) in [6.45, 7) is 6.84. The molecule has 0 aliphatic carbocycles. The summed E-state index contributed by atoms with van der Waals surface area (Å²) in [6.07, 6.45) is 3.54. The predicted octanol–water partition coefficient (Wildman–Crippen LogP) is 5.53. The van der Waals surface area contributed by atoms with Crippen LogP contribution in [0.5, 0.6) is 0 Å². The number of rotatable bonds is 6. The van der Waals surface area contributed by atoms with Gasteiger partial charge >= 0.3 is 0 Å². The lowest BCUT2D eigenvalue weighted by Crippen LogP contribution is -2.38. The maximum absolute atomic E-state index is 13.4. The molecule has 1 N–H and O–H groups in total. The van der Waals surface area contributed by atoms with Gasteiger partial charge in [0.05, 0.1) is 5.69 Å². The average molecular weight is 411 g/mol. The number of benzene rings is 2. The molecule has 0 amide bonds. The third kappa shape index (κ3) is 4.62. The van der Waals surface area contributed by atoms with Gasteiger partial charge in [-0.1, -0.05) is 12.1 Å². The van der Waals surface area contributed by atoms with Gasteiger partial charge in [0.2, 0.25) is 0 Å². The molecule has 4 rings (SSSR count). The number of hydrogen-bond acceptors (Lipinski definition) is 2. The van der Waals surface area contributed by atoms with E-state index < -0.39 is 11.6 Å². The number of H-pyrrole nitrogens is 1. The number of Topliss-reactive ketones (excluding diaryl/α,β-unsaturated/α-hetero) is 1. The van der Waals surface area contributed by atoms with Gasteiger partial charge in [0.25, 0.3) is 0 Å². The largest absolute Gasteiger partial charge is 0.352 e. The Morgan fingerprint density at radius 1 is 1.03 bits per heavy atom. The molecule has 1 aliphatic heterocycles. The van der Waals surface area contributed by atoms with Gasteiger partial charge in [-0.3, -0.25) is 4.79 Å². The Bertz CT molecular complexity index is 1050. The lowest BCUT2D eigenvalue weighted by Gasteiger charge is -2.34. The summed E-state index contributed by atoms with van der Waals surface area (Å²) in [5, 5.41) is 1.01. The second-order valence-electron chi connectivity index (χ2n) is 8.73. The van der Waals surface area contributed by atoms with Crippen molar-refractivity contribution in [3.63, 3.8) is 0 Å². The third-order valence-corrected chi connectivity index (χ3v) is 6.24. The topological polar surface area (TPSA) is 36.1 Å².